The third kappa shape index (κ3) is 1.76. The van der Waals surface area contributed by atoms with Crippen molar-refractivity contribution in [1.29, 1.82) is 0 Å². The number of hydrogen-bond acceptors (Lipinski definition) is 3. The van der Waals surface area contributed by atoms with Crippen LogP contribution in [0.2, 0.25) is 5.28 Å². The molecule has 1 aromatic heterocycles. The van der Waals surface area contributed by atoms with Gasteiger partial charge in [0.15, 0.2) is 0 Å². The maximum absolute atomic E-state index is 13.0. The summed E-state index contributed by atoms with van der Waals surface area (Å²) in [6.45, 7) is 1.71. The molecule has 2 nitrogen and oxygen atoms in total. The van der Waals surface area contributed by atoms with Crippen LogP contribution < -0.4 is 0 Å². The predicted octanol–water partition coefficient (Wildman–Crippen LogP) is 3.31. The van der Waals surface area contributed by atoms with Gasteiger partial charge in [-0.15, -0.1) is 0 Å². The summed E-state index contributed by atoms with van der Waals surface area (Å²) in [4.78, 5) is 4.00. The van der Waals surface area contributed by atoms with E-state index < -0.39 is 0 Å². The van der Waals surface area contributed by atoms with E-state index in [1.165, 1.54) is 17.6 Å². The fraction of sp³-hybridized carbons (Fsp3) is 0.111. The van der Waals surface area contributed by atoms with Gasteiger partial charge in [0.1, 0.15) is 10.8 Å². The van der Waals surface area contributed by atoms with Gasteiger partial charge in [0.05, 0.1) is 0 Å². The molecule has 0 aliphatic carbocycles. The van der Waals surface area contributed by atoms with Crippen molar-refractivity contribution in [2.45, 2.75) is 6.92 Å². The number of aryl methyl sites for hydroxylation is 1. The lowest BCUT2D eigenvalue weighted by molar-refractivity contribution is 0.619. The zero-order chi connectivity index (χ0) is 10.1. The van der Waals surface area contributed by atoms with E-state index in [0.717, 1.165) is 5.56 Å². The quantitative estimate of drug-likeness (QED) is 0.749. The Morgan fingerprint density at radius 1 is 1.43 bits per heavy atom. The van der Waals surface area contributed by atoms with Gasteiger partial charge in [0.25, 0.3) is 0 Å². The first kappa shape index (κ1) is 9.55. The SMILES string of the molecule is Cc1cc(-c2nc(Cl)ns2)ccc1F. The van der Waals surface area contributed by atoms with Crippen LogP contribution in [0.3, 0.4) is 0 Å². The molecular weight excluding hydrogens is 223 g/mol. The van der Waals surface area contributed by atoms with Crippen LogP contribution in [0.15, 0.2) is 18.2 Å². The van der Waals surface area contributed by atoms with Crippen LogP contribution in [0.5, 0.6) is 0 Å². The van der Waals surface area contributed by atoms with E-state index in [4.69, 9.17) is 11.6 Å². The van der Waals surface area contributed by atoms with E-state index in [1.54, 1.807) is 19.1 Å². The van der Waals surface area contributed by atoms with Crippen molar-refractivity contribution >= 4 is 23.1 Å². The van der Waals surface area contributed by atoms with E-state index in [-0.39, 0.29) is 11.1 Å². The first-order valence-electron chi connectivity index (χ1n) is 3.92. The molecule has 2 rings (SSSR count). The highest BCUT2D eigenvalue weighted by molar-refractivity contribution is 7.09. The zero-order valence-corrected chi connectivity index (χ0v) is 8.86. The van der Waals surface area contributed by atoms with Crippen molar-refractivity contribution in [2.24, 2.45) is 0 Å². The third-order valence-corrected chi connectivity index (χ3v) is 2.84. The maximum Gasteiger partial charge on any atom is 0.234 e. The lowest BCUT2D eigenvalue weighted by Gasteiger charge is -1.98. The van der Waals surface area contributed by atoms with E-state index in [1.807, 2.05) is 0 Å². The molecule has 1 heterocycles. The van der Waals surface area contributed by atoms with Gasteiger partial charge in [-0.2, -0.15) is 4.37 Å². The second-order valence-electron chi connectivity index (χ2n) is 2.83. The highest BCUT2D eigenvalue weighted by Crippen LogP contribution is 2.24. The molecule has 14 heavy (non-hydrogen) atoms. The molecule has 0 saturated heterocycles. The fourth-order valence-corrected chi connectivity index (χ4v) is 1.90. The van der Waals surface area contributed by atoms with Gasteiger partial charge in [-0.25, -0.2) is 9.37 Å². The lowest BCUT2D eigenvalue weighted by atomic mass is 10.1. The van der Waals surface area contributed by atoms with Crippen molar-refractivity contribution in [3.63, 3.8) is 0 Å². The van der Waals surface area contributed by atoms with E-state index in [0.29, 0.717) is 10.6 Å². The van der Waals surface area contributed by atoms with Crippen LogP contribution >= 0.6 is 23.1 Å². The topological polar surface area (TPSA) is 25.8 Å². The Balaban J connectivity index is 2.47. The van der Waals surface area contributed by atoms with E-state index in [2.05, 4.69) is 9.36 Å². The molecule has 0 aliphatic heterocycles. The van der Waals surface area contributed by atoms with Crippen LogP contribution in [-0.4, -0.2) is 9.36 Å². The summed E-state index contributed by atoms with van der Waals surface area (Å²) in [6.07, 6.45) is 0. The molecule has 0 bridgehead atoms. The van der Waals surface area contributed by atoms with Crippen LogP contribution in [0, 0.1) is 12.7 Å². The minimum atomic E-state index is -0.218. The monoisotopic (exact) mass is 228 g/mol. The van der Waals surface area contributed by atoms with E-state index >= 15 is 0 Å². The van der Waals surface area contributed by atoms with Crippen molar-refractivity contribution in [3.05, 3.63) is 34.9 Å². The Morgan fingerprint density at radius 3 is 2.79 bits per heavy atom. The molecule has 2 aromatic rings. The summed E-state index contributed by atoms with van der Waals surface area (Å²) in [6, 6.07) is 4.81. The predicted molar refractivity (Wildman–Crippen MR) is 55.1 cm³/mol. The number of halogens is 2. The summed E-state index contributed by atoms with van der Waals surface area (Å²) < 4.78 is 16.8. The fourth-order valence-electron chi connectivity index (χ4n) is 1.10. The Bertz CT molecular complexity index is 470. The number of rotatable bonds is 1. The largest absolute Gasteiger partial charge is 0.234 e. The standard InChI is InChI=1S/C9H6ClFN2S/c1-5-4-6(2-3-7(5)11)8-12-9(10)13-14-8/h2-4H,1H3. The van der Waals surface area contributed by atoms with Gasteiger partial charge in [0.2, 0.25) is 5.28 Å². The minimum Gasteiger partial charge on any atom is -0.207 e. The van der Waals surface area contributed by atoms with Crippen LogP contribution in [0.25, 0.3) is 10.6 Å². The molecule has 5 heteroatoms. The van der Waals surface area contributed by atoms with Gasteiger partial charge in [-0.05, 0) is 53.8 Å². The molecule has 0 unspecified atom stereocenters. The molecule has 0 spiro atoms. The molecule has 0 N–H and O–H groups in total. The molecule has 0 aliphatic rings. The smallest absolute Gasteiger partial charge is 0.207 e. The first-order chi connectivity index (χ1) is 6.66. The van der Waals surface area contributed by atoms with Crippen LogP contribution in [-0.2, 0) is 0 Å². The third-order valence-electron chi connectivity index (χ3n) is 1.81. The Hall–Kier alpha value is -1.00. The van der Waals surface area contributed by atoms with Crippen molar-refractivity contribution < 1.29 is 4.39 Å². The average Bonchev–Trinajstić information content (AvgIpc) is 2.57. The highest BCUT2D eigenvalue weighted by Gasteiger charge is 2.06. The molecule has 0 saturated carbocycles. The van der Waals surface area contributed by atoms with Gasteiger partial charge < -0.3 is 0 Å². The van der Waals surface area contributed by atoms with Gasteiger partial charge >= 0.3 is 0 Å². The molecule has 1 aromatic carbocycles. The summed E-state index contributed by atoms with van der Waals surface area (Å²) in [5.41, 5.74) is 1.43. The molecule has 0 radical (unpaired) electrons. The molecule has 72 valence electrons. The van der Waals surface area contributed by atoms with Crippen LogP contribution in [0.4, 0.5) is 4.39 Å². The number of benzene rings is 1. The highest BCUT2D eigenvalue weighted by atomic mass is 35.5. The van der Waals surface area contributed by atoms with Gasteiger partial charge in [-0.3, -0.25) is 0 Å². The van der Waals surface area contributed by atoms with Crippen molar-refractivity contribution in [1.82, 2.24) is 9.36 Å². The Labute approximate surface area is 89.5 Å². The normalized spacial score (nSPS) is 10.5. The number of hydrogen-bond donors (Lipinski definition) is 0. The minimum absolute atomic E-state index is 0.218. The first-order valence-corrected chi connectivity index (χ1v) is 5.07. The Kier molecular flexibility index (Phi) is 2.48. The van der Waals surface area contributed by atoms with E-state index in [9.17, 15) is 4.39 Å². The molecule has 0 fully saturated rings. The van der Waals surface area contributed by atoms with Gasteiger partial charge in [-0.1, -0.05) is 0 Å². The lowest BCUT2D eigenvalue weighted by Crippen LogP contribution is -1.83. The summed E-state index contributed by atoms with van der Waals surface area (Å²) in [5.74, 6) is -0.218. The van der Waals surface area contributed by atoms with Crippen molar-refractivity contribution in [2.75, 3.05) is 0 Å². The summed E-state index contributed by atoms with van der Waals surface area (Å²) >= 11 is 6.80. The summed E-state index contributed by atoms with van der Waals surface area (Å²) in [5, 5.41) is 0.935. The zero-order valence-electron chi connectivity index (χ0n) is 7.29. The van der Waals surface area contributed by atoms with Crippen molar-refractivity contribution in [3.8, 4) is 10.6 Å². The molecular formula is C9H6ClFN2S. The number of nitrogens with zero attached hydrogens (tertiary/aromatic N) is 2. The Morgan fingerprint density at radius 2 is 2.21 bits per heavy atom. The maximum atomic E-state index is 13.0. The molecule has 0 amide bonds. The number of aromatic nitrogens is 2. The van der Waals surface area contributed by atoms with Gasteiger partial charge in [0, 0.05) is 5.56 Å². The summed E-state index contributed by atoms with van der Waals surface area (Å²) in [7, 11) is 0. The molecule has 0 atom stereocenters. The second kappa shape index (κ2) is 3.63. The average molecular weight is 229 g/mol. The second-order valence-corrected chi connectivity index (χ2v) is 3.92. The van der Waals surface area contributed by atoms with Crippen LogP contribution in [0.1, 0.15) is 5.56 Å².